The fourth-order valence-corrected chi connectivity index (χ4v) is 3.30. The molecule has 0 unspecified atom stereocenters. The summed E-state index contributed by atoms with van der Waals surface area (Å²) in [4.78, 5) is 26.9. The fraction of sp³-hybridized carbons (Fsp3) is 0.273. The van der Waals surface area contributed by atoms with E-state index >= 15 is 0 Å². The molecule has 0 aliphatic carbocycles. The van der Waals surface area contributed by atoms with Crippen LogP contribution in [0.15, 0.2) is 72.8 Å². The van der Waals surface area contributed by atoms with Gasteiger partial charge in [-0.05, 0) is 18.1 Å². The molecule has 2 aromatic rings. The Kier molecular flexibility index (Phi) is 5.72. The van der Waals surface area contributed by atoms with Crippen LogP contribution in [-0.4, -0.2) is 28.1 Å². The molecule has 1 N–H and O–H groups in total. The summed E-state index contributed by atoms with van der Waals surface area (Å²) in [6.07, 6.45) is 0.954. The van der Waals surface area contributed by atoms with Crippen molar-refractivity contribution < 1.29 is 19.4 Å². The Morgan fingerprint density at radius 1 is 1.07 bits per heavy atom. The molecular formula is C22H23NO4. The van der Waals surface area contributed by atoms with Crippen molar-refractivity contribution in [1.82, 2.24) is 4.90 Å². The van der Waals surface area contributed by atoms with Crippen molar-refractivity contribution in [3.63, 3.8) is 0 Å². The normalized spacial score (nSPS) is 21.9. The topological polar surface area (TPSA) is 66.8 Å². The van der Waals surface area contributed by atoms with Crippen LogP contribution >= 0.6 is 0 Å². The maximum absolute atomic E-state index is 13.1. The summed E-state index contributed by atoms with van der Waals surface area (Å²) >= 11 is 0. The number of carbonyl (C=O) groups excluding carboxylic acids is 2. The van der Waals surface area contributed by atoms with Crippen LogP contribution in [0.3, 0.4) is 0 Å². The Labute approximate surface area is 158 Å². The van der Waals surface area contributed by atoms with Gasteiger partial charge in [-0.25, -0.2) is 9.69 Å². The predicted octanol–water partition coefficient (Wildman–Crippen LogP) is 4.02. The number of ether oxygens (including phenoxy) is 1. The Bertz CT molecular complexity index is 819. The third-order valence-electron chi connectivity index (χ3n) is 4.79. The number of aliphatic hydroxyl groups excluding tert-OH is 1. The van der Waals surface area contributed by atoms with Gasteiger partial charge in [-0.3, -0.25) is 4.79 Å². The van der Waals surface area contributed by atoms with E-state index in [1.807, 2.05) is 60.7 Å². The van der Waals surface area contributed by atoms with Crippen LogP contribution in [0.1, 0.15) is 37.1 Å². The van der Waals surface area contributed by atoms with E-state index in [-0.39, 0.29) is 0 Å². The highest BCUT2D eigenvalue weighted by Crippen LogP contribution is 2.43. The molecule has 5 nitrogen and oxygen atoms in total. The fourth-order valence-electron chi connectivity index (χ4n) is 3.30. The summed E-state index contributed by atoms with van der Waals surface area (Å²) in [5.41, 5.74) is 1.62. The van der Waals surface area contributed by atoms with Gasteiger partial charge in [0.25, 0.3) is 0 Å². The molecule has 0 radical (unpaired) electrons. The standard InChI is InChI=1S/C22H23NO4/c1-3-10-18(24)15(2)21(25)23-19(16-11-6-4-7-12-16)20(27-22(23)26)17-13-8-5-9-14-17/h3-15,18-20,24H,1-2H3/b10-3+/t15-,18+,19-,20+/m1/s1. The van der Waals surface area contributed by atoms with Gasteiger partial charge >= 0.3 is 6.09 Å². The van der Waals surface area contributed by atoms with Crippen LogP contribution < -0.4 is 0 Å². The zero-order valence-corrected chi connectivity index (χ0v) is 15.4. The number of carbonyl (C=O) groups is 2. The highest BCUT2D eigenvalue weighted by atomic mass is 16.6. The Hall–Kier alpha value is -2.92. The highest BCUT2D eigenvalue weighted by molar-refractivity contribution is 5.95. The summed E-state index contributed by atoms with van der Waals surface area (Å²) in [6.45, 7) is 3.38. The number of amides is 2. The zero-order valence-electron chi connectivity index (χ0n) is 15.4. The van der Waals surface area contributed by atoms with E-state index in [0.29, 0.717) is 0 Å². The van der Waals surface area contributed by atoms with Crippen molar-refractivity contribution >= 4 is 12.0 Å². The number of hydrogen-bond donors (Lipinski definition) is 1. The van der Waals surface area contributed by atoms with Gasteiger partial charge < -0.3 is 9.84 Å². The van der Waals surface area contributed by atoms with E-state index in [9.17, 15) is 14.7 Å². The van der Waals surface area contributed by atoms with Gasteiger partial charge in [0, 0.05) is 0 Å². The first-order chi connectivity index (χ1) is 13.0. The lowest BCUT2D eigenvalue weighted by Gasteiger charge is -2.27. The van der Waals surface area contributed by atoms with E-state index < -0.39 is 36.2 Å². The maximum atomic E-state index is 13.1. The number of rotatable bonds is 5. The number of imide groups is 1. The predicted molar refractivity (Wildman–Crippen MR) is 102 cm³/mol. The molecule has 1 aliphatic heterocycles. The van der Waals surface area contributed by atoms with Gasteiger partial charge in [0.2, 0.25) is 5.91 Å². The summed E-state index contributed by atoms with van der Waals surface area (Å²) in [5, 5.41) is 10.2. The van der Waals surface area contributed by atoms with Crippen LogP contribution in [0.4, 0.5) is 4.79 Å². The minimum atomic E-state index is -0.970. The number of benzene rings is 2. The Morgan fingerprint density at radius 3 is 2.19 bits per heavy atom. The molecule has 1 heterocycles. The lowest BCUT2D eigenvalue weighted by Crippen LogP contribution is -2.41. The van der Waals surface area contributed by atoms with Gasteiger partial charge in [-0.15, -0.1) is 0 Å². The molecule has 1 fully saturated rings. The first kappa shape index (κ1) is 18.9. The number of nitrogens with zero attached hydrogens (tertiary/aromatic N) is 1. The van der Waals surface area contributed by atoms with Crippen molar-refractivity contribution in [3.05, 3.63) is 83.9 Å². The summed E-state index contributed by atoms with van der Waals surface area (Å²) in [7, 11) is 0. The molecule has 0 aromatic heterocycles. The molecule has 1 aliphatic rings. The smallest absolute Gasteiger partial charge is 0.417 e. The van der Waals surface area contributed by atoms with Gasteiger partial charge in [-0.1, -0.05) is 79.7 Å². The van der Waals surface area contributed by atoms with Crippen LogP contribution in [-0.2, 0) is 9.53 Å². The zero-order chi connectivity index (χ0) is 19.4. The molecule has 2 aromatic carbocycles. The van der Waals surface area contributed by atoms with Crippen molar-refractivity contribution in [2.24, 2.45) is 5.92 Å². The third kappa shape index (κ3) is 3.78. The van der Waals surface area contributed by atoms with Crippen LogP contribution in [0, 0.1) is 5.92 Å². The van der Waals surface area contributed by atoms with Gasteiger partial charge in [0.1, 0.15) is 6.04 Å². The monoisotopic (exact) mass is 365 g/mol. The summed E-state index contributed by atoms with van der Waals surface area (Å²) < 4.78 is 5.60. The molecule has 4 atom stereocenters. The number of cyclic esters (lactones) is 1. The average Bonchev–Trinajstić information content (AvgIpc) is 3.05. The third-order valence-corrected chi connectivity index (χ3v) is 4.79. The number of allylic oxidation sites excluding steroid dienone is 1. The average molecular weight is 365 g/mol. The van der Waals surface area contributed by atoms with Gasteiger partial charge in [-0.2, -0.15) is 0 Å². The minimum Gasteiger partial charge on any atom is -0.438 e. The van der Waals surface area contributed by atoms with E-state index in [1.54, 1.807) is 19.9 Å². The highest BCUT2D eigenvalue weighted by Gasteiger charge is 2.48. The Morgan fingerprint density at radius 2 is 1.63 bits per heavy atom. The van der Waals surface area contributed by atoms with E-state index in [2.05, 4.69) is 0 Å². The lowest BCUT2D eigenvalue weighted by atomic mass is 9.94. The SMILES string of the molecule is C/C=C/[C@H](O)[C@@H](C)C(=O)N1C(=O)O[C@@H](c2ccccc2)[C@H]1c1ccccc1. The first-order valence-corrected chi connectivity index (χ1v) is 8.99. The molecule has 0 saturated carbocycles. The second kappa shape index (κ2) is 8.18. The van der Waals surface area contributed by atoms with E-state index in [0.717, 1.165) is 16.0 Å². The molecule has 0 bridgehead atoms. The van der Waals surface area contributed by atoms with Crippen molar-refractivity contribution in [2.75, 3.05) is 0 Å². The first-order valence-electron chi connectivity index (χ1n) is 8.99. The van der Waals surface area contributed by atoms with Crippen LogP contribution in [0.2, 0.25) is 0 Å². The number of aliphatic hydroxyl groups is 1. The van der Waals surface area contributed by atoms with E-state index in [1.165, 1.54) is 6.08 Å². The minimum absolute atomic E-state index is 0.460. The van der Waals surface area contributed by atoms with Crippen molar-refractivity contribution in [3.8, 4) is 0 Å². The summed E-state index contributed by atoms with van der Waals surface area (Å²) in [5.74, 6) is -1.23. The molecule has 140 valence electrons. The quantitative estimate of drug-likeness (QED) is 0.813. The van der Waals surface area contributed by atoms with Crippen LogP contribution in [0.25, 0.3) is 0 Å². The van der Waals surface area contributed by atoms with Gasteiger partial charge in [0.05, 0.1) is 12.0 Å². The molecule has 27 heavy (non-hydrogen) atoms. The van der Waals surface area contributed by atoms with Crippen molar-refractivity contribution in [1.29, 1.82) is 0 Å². The number of hydrogen-bond acceptors (Lipinski definition) is 4. The second-order valence-corrected chi connectivity index (χ2v) is 6.58. The van der Waals surface area contributed by atoms with E-state index in [4.69, 9.17) is 4.74 Å². The second-order valence-electron chi connectivity index (χ2n) is 6.58. The molecule has 1 saturated heterocycles. The molecule has 5 heteroatoms. The van der Waals surface area contributed by atoms with Crippen molar-refractivity contribution in [2.45, 2.75) is 32.1 Å². The molecule has 2 amide bonds. The molecular weight excluding hydrogens is 342 g/mol. The summed E-state index contributed by atoms with van der Waals surface area (Å²) in [6, 6.07) is 18.1. The lowest BCUT2D eigenvalue weighted by molar-refractivity contribution is -0.135. The Balaban J connectivity index is 2.01. The van der Waals surface area contributed by atoms with Gasteiger partial charge in [0.15, 0.2) is 6.10 Å². The largest absolute Gasteiger partial charge is 0.438 e. The molecule has 0 spiro atoms. The van der Waals surface area contributed by atoms with Crippen LogP contribution in [0.5, 0.6) is 0 Å². The maximum Gasteiger partial charge on any atom is 0.417 e. The molecule has 3 rings (SSSR count).